The maximum atomic E-state index is 4.40. The summed E-state index contributed by atoms with van der Waals surface area (Å²) >= 11 is 1.76. The van der Waals surface area contributed by atoms with Crippen molar-refractivity contribution in [1.29, 1.82) is 0 Å². The van der Waals surface area contributed by atoms with E-state index in [-0.39, 0.29) is 24.0 Å². The van der Waals surface area contributed by atoms with Crippen molar-refractivity contribution in [2.75, 3.05) is 38.1 Å². The number of aliphatic imine (C=N–C) groups is 1. The maximum absolute atomic E-state index is 4.40. The van der Waals surface area contributed by atoms with Crippen LogP contribution in [0.25, 0.3) is 0 Å². The maximum Gasteiger partial charge on any atom is 0.225 e. The molecule has 2 aromatic rings. The molecule has 0 spiro atoms. The molecule has 3 rings (SSSR count). The molecule has 0 aromatic carbocycles. The van der Waals surface area contributed by atoms with E-state index in [4.69, 9.17) is 0 Å². The first-order valence-corrected chi connectivity index (χ1v) is 8.25. The number of halogens is 1. The number of hydrogen-bond donors (Lipinski definition) is 1. The summed E-state index contributed by atoms with van der Waals surface area (Å²) in [6.45, 7) is 4.48. The molecule has 124 valence electrons. The van der Waals surface area contributed by atoms with Gasteiger partial charge in [-0.25, -0.2) is 9.97 Å². The quantitative estimate of drug-likeness (QED) is 0.446. The number of piperazine rings is 1. The summed E-state index contributed by atoms with van der Waals surface area (Å²) in [5.74, 6) is 1.77. The first-order valence-electron chi connectivity index (χ1n) is 7.37. The van der Waals surface area contributed by atoms with Gasteiger partial charge in [0.2, 0.25) is 5.95 Å². The van der Waals surface area contributed by atoms with Crippen LogP contribution < -0.4 is 10.2 Å². The summed E-state index contributed by atoms with van der Waals surface area (Å²) in [5, 5.41) is 5.53. The summed E-state index contributed by atoms with van der Waals surface area (Å²) in [6, 6.07) is 6.05. The van der Waals surface area contributed by atoms with Gasteiger partial charge in [-0.15, -0.1) is 35.3 Å². The molecule has 0 saturated carbocycles. The molecule has 1 aliphatic rings. The third kappa shape index (κ3) is 4.77. The number of anilines is 1. The van der Waals surface area contributed by atoms with Crippen molar-refractivity contribution < 1.29 is 0 Å². The number of aromatic nitrogens is 2. The fraction of sp³-hybridized carbons (Fsp3) is 0.400. The molecule has 0 atom stereocenters. The molecule has 1 aliphatic heterocycles. The summed E-state index contributed by atoms with van der Waals surface area (Å²) in [4.78, 5) is 18.8. The highest BCUT2D eigenvalue weighted by Gasteiger charge is 2.20. The predicted octanol–water partition coefficient (Wildman–Crippen LogP) is 2.05. The number of nitrogens with one attached hydrogen (secondary N) is 1. The molecule has 0 amide bonds. The molecular formula is C15H21IN6S. The second-order valence-electron chi connectivity index (χ2n) is 5.00. The number of thiophene rings is 1. The minimum atomic E-state index is 0. The minimum absolute atomic E-state index is 0. The molecule has 0 bridgehead atoms. The first-order chi connectivity index (χ1) is 10.9. The van der Waals surface area contributed by atoms with E-state index in [1.54, 1.807) is 23.7 Å². The van der Waals surface area contributed by atoms with Gasteiger partial charge in [0.15, 0.2) is 5.96 Å². The summed E-state index contributed by atoms with van der Waals surface area (Å²) in [6.07, 6.45) is 3.58. The highest BCUT2D eigenvalue weighted by Crippen LogP contribution is 2.11. The predicted molar refractivity (Wildman–Crippen MR) is 106 cm³/mol. The topological polar surface area (TPSA) is 56.7 Å². The van der Waals surface area contributed by atoms with Crippen LogP contribution in [0.5, 0.6) is 0 Å². The van der Waals surface area contributed by atoms with Crippen molar-refractivity contribution in [1.82, 2.24) is 20.2 Å². The molecule has 3 heterocycles. The largest absolute Gasteiger partial charge is 0.351 e. The smallest absolute Gasteiger partial charge is 0.225 e. The Labute approximate surface area is 157 Å². The Hall–Kier alpha value is -1.42. The minimum Gasteiger partial charge on any atom is -0.351 e. The van der Waals surface area contributed by atoms with Gasteiger partial charge in [0.25, 0.3) is 0 Å². The Bertz CT molecular complexity index is 596. The zero-order valence-corrected chi connectivity index (χ0v) is 16.2. The molecule has 23 heavy (non-hydrogen) atoms. The van der Waals surface area contributed by atoms with Crippen LogP contribution in [-0.2, 0) is 6.54 Å². The lowest BCUT2D eigenvalue weighted by Gasteiger charge is -2.36. The lowest BCUT2D eigenvalue weighted by Crippen LogP contribution is -2.52. The highest BCUT2D eigenvalue weighted by molar-refractivity contribution is 14.0. The fourth-order valence-corrected chi connectivity index (χ4v) is 3.13. The van der Waals surface area contributed by atoms with Crippen LogP contribution in [-0.4, -0.2) is 54.1 Å². The van der Waals surface area contributed by atoms with Gasteiger partial charge in [0, 0.05) is 50.5 Å². The van der Waals surface area contributed by atoms with Crippen LogP contribution >= 0.6 is 35.3 Å². The van der Waals surface area contributed by atoms with E-state index >= 15 is 0 Å². The Kier molecular flexibility index (Phi) is 7.03. The van der Waals surface area contributed by atoms with Gasteiger partial charge in [0.05, 0.1) is 6.54 Å². The molecule has 6 nitrogen and oxygen atoms in total. The molecule has 0 radical (unpaired) electrons. The fourth-order valence-electron chi connectivity index (χ4n) is 2.48. The van der Waals surface area contributed by atoms with Crippen LogP contribution in [0.2, 0.25) is 0 Å². The first kappa shape index (κ1) is 17.9. The Morgan fingerprint density at radius 1 is 1.22 bits per heavy atom. The molecule has 1 N–H and O–H groups in total. The number of guanidine groups is 1. The third-order valence-electron chi connectivity index (χ3n) is 3.63. The highest BCUT2D eigenvalue weighted by atomic mass is 127. The third-order valence-corrected chi connectivity index (χ3v) is 4.50. The second-order valence-corrected chi connectivity index (χ2v) is 6.04. The van der Waals surface area contributed by atoms with Crippen molar-refractivity contribution in [2.24, 2.45) is 4.99 Å². The lowest BCUT2D eigenvalue weighted by atomic mass is 10.3. The lowest BCUT2D eigenvalue weighted by molar-refractivity contribution is 0.370. The monoisotopic (exact) mass is 444 g/mol. The normalized spacial score (nSPS) is 15.3. The molecule has 1 saturated heterocycles. The molecular weight excluding hydrogens is 423 g/mol. The zero-order chi connectivity index (χ0) is 15.2. The van der Waals surface area contributed by atoms with Crippen molar-refractivity contribution in [3.63, 3.8) is 0 Å². The van der Waals surface area contributed by atoms with Gasteiger partial charge in [0.1, 0.15) is 0 Å². The van der Waals surface area contributed by atoms with Crippen LogP contribution in [0, 0.1) is 0 Å². The van der Waals surface area contributed by atoms with E-state index in [9.17, 15) is 0 Å². The van der Waals surface area contributed by atoms with E-state index in [2.05, 4.69) is 47.6 Å². The molecule has 0 unspecified atom stereocenters. The Balaban J connectivity index is 0.00000192. The van der Waals surface area contributed by atoms with E-state index in [0.717, 1.165) is 44.6 Å². The van der Waals surface area contributed by atoms with Crippen LogP contribution in [0.1, 0.15) is 4.88 Å². The van der Waals surface area contributed by atoms with Gasteiger partial charge < -0.3 is 15.1 Å². The average molecular weight is 444 g/mol. The zero-order valence-electron chi connectivity index (χ0n) is 13.1. The molecule has 1 fully saturated rings. The van der Waals surface area contributed by atoms with E-state index in [1.807, 2.05) is 13.1 Å². The van der Waals surface area contributed by atoms with Crippen LogP contribution in [0.4, 0.5) is 5.95 Å². The van der Waals surface area contributed by atoms with Crippen molar-refractivity contribution >= 4 is 47.2 Å². The van der Waals surface area contributed by atoms with Crippen molar-refractivity contribution in [3.05, 3.63) is 40.8 Å². The summed E-state index contributed by atoms with van der Waals surface area (Å²) in [5.41, 5.74) is 0. The van der Waals surface area contributed by atoms with Crippen molar-refractivity contribution in [2.45, 2.75) is 6.54 Å². The standard InChI is InChI=1S/C15H20N6S.HI/c1-16-14(19-12-13-4-2-11-22-13)20-7-9-21(10-8-20)15-17-5-3-6-18-15;/h2-6,11H,7-10,12H2,1H3,(H,16,19);1H. The number of rotatable bonds is 3. The second kappa shape index (κ2) is 9.02. The van der Waals surface area contributed by atoms with E-state index < -0.39 is 0 Å². The van der Waals surface area contributed by atoms with Crippen LogP contribution in [0.3, 0.4) is 0 Å². The van der Waals surface area contributed by atoms with Gasteiger partial charge in [-0.2, -0.15) is 0 Å². The Morgan fingerprint density at radius 2 is 1.96 bits per heavy atom. The van der Waals surface area contributed by atoms with Crippen LogP contribution in [0.15, 0.2) is 41.0 Å². The Morgan fingerprint density at radius 3 is 2.57 bits per heavy atom. The molecule has 0 aliphatic carbocycles. The van der Waals surface area contributed by atoms with Gasteiger partial charge in [-0.1, -0.05) is 6.07 Å². The van der Waals surface area contributed by atoms with Gasteiger partial charge in [-0.05, 0) is 17.5 Å². The van der Waals surface area contributed by atoms with E-state index in [1.165, 1.54) is 4.88 Å². The van der Waals surface area contributed by atoms with E-state index in [0.29, 0.717) is 0 Å². The molecule has 2 aromatic heterocycles. The van der Waals surface area contributed by atoms with Gasteiger partial charge >= 0.3 is 0 Å². The van der Waals surface area contributed by atoms with Crippen molar-refractivity contribution in [3.8, 4) is 0 Å². The average Bonchev–Trinajstić information content (AvgIpc) is 3.10. The number of nitrogens with zero attached hydrogens (tertiary/aromatic N) is 5. The number of hydrogen-bond acceptors (Lipinski definition) is 5. The van der Waals surface area contributed by atoms with Gasteiger partial charge in [-0.3, -0.25) is 4.99 Å². The summed E-state index contributed by atoms with van der Waals surface area (Å²) < 4.78 is 0. The SMILES string of the molecule is CN=C(NCc1cccs1)N1CCN(c2ncccn2)CC1.I. The molecule has 8 heteroatoms. The summed E-state index contributed by atoms with van der Waals surface area (Å²) in [7, 11) is 1.84.